The van der Waals surface area contributed by atoms with Crippen LogP contribution in [-0.4, -0.2) is 18.6 Å². The van der Waals surface area contributed by atoms with Gasteiger partial charge in [0.15, 0.2) is 0 Å². The Bertz CT molecular complexity index is 353. The molecule has 0 fully saturated rings. The van der Waals surface area contributed by atoms with Crippen LogP contribution in [0.15, 0.2) is 18.2 Å². The number of nitrogens with zero attached hydrogens (tertiary/aromatic N) is 1. The van der Waals surface area contributed by atoms with E-state index >= 15 is 0 Å². The lowest BCUT2D eigenvalue weighted by Crippen LogP contribution is -2.01. The van der Waals surface area contributed by atoms with Crippen LogP contribution in [0.4, 0.5) is 11.4 Å². The molecule has 0 radical (unpaired) electrons. The Kier molecular flexibility index (Phi) is 4.05. The van der Waals surface area contributed by atoms with Gasteiger partial charge in [0.25, 0.3) is 5.69 Å². The summed E-state index contributed by atoms with van der Waals surface area (Å²) in [5, 5.41) is 10.6. The molecule has 0 saturated heterocycles. The summed E-state index contributed by atoms with van der Waals surface area (Å²) in [6, 6.07) is 4.86. The van der Waals surface area contributed by atoms with Crippen molar-refractivity contribution in [2.75, 3.05) is 19.5 Å². The van der Waals surface area contributed by atoms with Crippen molar-refractivity contribution < 1.29 is 9.66 Å². The normalized spacial score (nSPS) is 10.2. The molecule has 0 aromatic heterocycles. The van der Waals surface area contributed by atoms with E-state index in [0.717, 1.165) is 12.0 Å². The fraction of sp³-hybridized carbons (Fsp3) is 0.400. The minimum atomic E-state index is -0.463. The van der Waals surface area contributed by atoms with E-state index in [2.05, 4.69) is 0 Å². The number of aryl methyl sites for hydroxylation is 1. The summed E-state index contributed by atoms with van der Waals surface area (Å²) in [7, 11) is 1.62. The van der Waals surface area contributed by atoms with Gasteiger partial charge in [0, 0.05) is 19.8 Å². The zero-order chi connectivity index (χ0) is 11.3. The van der Waals surface area contributed by atoms with Gasteiger partial charge >= 0.3 is 0 Å². The Morgan fingerprint density at radius 1 is 1.53 bits per heavy atom. The summed E-state index contributed by atoms with van der Waals surface area (Å²) in [5.41, 5.74) is 6.73. The molecule has 0 amide bonds. The Morgan fingerprint density at radius 3 is 2.87 bits per heavy atom. The number of rotatable bonds is 5. The lowest BCUT2D eigenvalue weighted by Gasteiger charge is -2.05. The molecule has 0 spiro atoms. The van der Waals surface area contributed by atoms with Gasteiger partial charge in [-0.05, 0) is 18.4 Å². The molecule has 0 aliphatic carbocycles. The van der Waals surface area contributed by atoms with Crippen LogP contribution in [0.3, 0.4) is 0 Å². The van der Waals surface area contributed by atoms with E-state index in [9.17, 15) is 10.1 Å². The molecule has 1 rings (SSSR count). The second-order valence-electron chi connectivity index (χ2n) is 3.20. The van der Waals surface area contributed by atoms with E-state index < -0.39 is 4.92 Å². The topological polar surface area (TPSA) is 78.4 Å². The van der Waals surface area contributed by atoms with Gasteiger partial charge in [0.1, 0.15) is 5.69 Å². The first-order chi connectivity index (χ1) is 7.16. The number of anilines is 1. The van der Waals surface area contributed by atoms with E-state index in [1.54, 1.807) is 19.2 Å². The second-order valence-corrected chi connectivity index (χ2v) is 3.20. The number of benzene rings is 1. The van der Waals surface area contributed by atoms with Gasteiger partial charge < -0.3 is 10.5 Å². The summed E-state index contributed by atoms with van der Waals surface area (Å²) in [5.74, 6) is 0. The van der Waals surface area contributed by atoms with Crippen molar-refractivity contribution >= 4 is 11.4 Å². The van der Waals surface area contributed by atoms with Crippen LogP contribution in [0.2, 0.25) is 0 Å². The molecule has 15 heavy (non-hydrogen) atoms. The lowest BCUT2D eigenvalue weighted by molar-refractivity contribution is -0.383. The molecule has 0 unspecified atom stereocenters. The number of hydrogen-bond acceptors (Lipinski definition) is 4. The monoisotopic (exact) mass is 210 g/mol. The molecule has 0 aliphatic rings. The maximum atomic E-state index is 10.6. The average Bonchev–Trinajstić information content (AvgIpc) is 2.20. The third kappa shape index (κ3) is 2.92. The van der Waals surface area contributed by atoms with Gasteiger partial charge in [-0.3, -0.25) is 10.1 Å². The number of hydrogen-bond donors (Lipinski definition) is 1. The van der Waals surface area contributed by atoms with Crippen LogP contribution >= 0.6 is 0 Å². The van der Waals surface area contributed by atoms with Crippen LogP contribution in [0, 0.1) is 10.1 Å². The molecule has 1 aromatic rings. The number of ether oxygens (including phenoxy) is 1. The minimum Gasteiger partial charge on any atom is -0.393 e. The highest BCUT2D eigenvalue weighted by Gasteiger charge is 2.13. The molecule has 0 heterocycles. The number of methoxy groups -OCH3 is 1. The van der Waals surface area contributed by atoms with E-state index in [-0.39, 0.29) is 11.4 Å². The van der Waals surface area contributed by atoms with Crippen LogP contribution in [0.5, 0.6) is 0 Å². The molecular formula is C10H14N2O3. The van der Waals surface area contributed by atoms with Crippen molar-refractivity contribution in [3.8, 4) is 0 Å². The summed E-state index contributed by atoms with van der Waals surface area (Å²) >= 11 is 0. The third-order valence-electron chi connectivity index (χ3n) is 2.16. The van der Waals surface area contributed by atoms with Crippen LogP contribution in [0.1, 0.15) is 12.0 Å². The number of nitro groups is 1. The third-order valence-corrected chi connectivity index (χ3v) is 2.16. The van der Waals surface area contributed by atoms with E-state index in [1.165, 1.54) is 6.07 Å². The minimum absolute atomic E-state index is 0.0232. The van der Waals surface area contributed by atoms with Gasteiger partial charge in [0.05, 0.1) is 4.92 Å². The summed E-state index contributed by atoms with van der Waals surface area (Å²) in [4.78, 5) is 10.1. The molecule has 5 nitrogen and oxygen atoms in total. The van der Waals surface area contributed by atoms with Gasteiger partial charge in [-0.25, -0.2) is 0 Å². The fourth-order valence-corrected chi connectivity index (χ4v) is 1.38. The smallest absolute Gasteiger partial charge is 0.292 e. The molecule has 0 atom stereocenters. The van der Waals surface area contributed by atoms with Gasteiger partial charge in [-0.15, -0.1) is 0 Å². The Hall–Kier alpha value is -1.62. The van der Waals surface area contributed by atoms with Crippen molar-refractivity contribution in [3.05, 3.63) is 33.9 Å². The zero-order valence-corrected chi connectivity index (χ0v) is 8.60. The van der Waals surface area contributed by atoms with Crippen molar-refractivity contribution in [1.29, 1.82) is 0 Å². The molecule has 82 valence electrons. The van der Waals surface area contributed by atoms with E-state index in [0.29, 0.717) is 13.0 Å². The standard InChI is InChI=1S/C10H14N2O3/c1-15-7-3-5-8-4-2-6-9(10(8)11)12(13)14/h2,4,6H,3,5,7,11H2,1H3. The first-order valence-electron chi connectivity index (χ1n) is 4.67. The highest BCUT2D eigenvalue weighted by Crippen LogP contribution is 2.25. The van der Waals surface area contributed by atoms with Gasteiger partial charge in [-0.2, -0.15) is 0 Å². The maximum absolute atomic E-state index is 10.6. The summed E-state index contributed by atoms with van der Waals surface area (Å²) in [6.07, 6.45) is 1.50. The number of para-hydroxylation sites is 1. The van der Waals surface area contributed by atoms with Crippen molar-refractivity contribution in [3.63, 3.8) is 0 Å². The molecule has 0 aliphatic heterocycles. The summed E-state index contributed by atoms with van der Waals surface area (Å²) in [6.45, 7) is 0.627. The first kappa shape index (κ1) is 11.5. The van der Waals surface area contributed by atoms with Gasteiger partial charge in [-0.1, -0.05) is 12.1 Å². The van der Waals surface area contributed by atoms with Crippen molar-refractivity contribution in [2.24, 2.45) is 0 Å². The Balaban J connectivity index is 2.80. The molecule has 2 N–H and O–H groups in total. The maximum Gasteiger partial charge on any atom is 0.292 e. The number of nitrogens with two attached hydrogens (primary N) is 1. The van der Waals surface area contributed by atoms with Crippen molar-refractivity contribution in [1.82, 2.24) is 0 Å². The SMILES string of the molecule is COCCCc1cccc([N+](=O)[O-])c1N. The molecule has 5 heteroatoms. The van der Waals surface area contributed by atoms with Crippen LogP contribution < -0.4 is 5.73 Å². The first-order valence-corrected chi connectivity index (χ1v) is 4.67. The largest absolute Gasteiger partial charge is 0.393 e. The molecule has 0 bridgehead atoms. The highest BCUT2D eigenvalue weighted by atomic mass is 16.6. The predicted molar refractivity (Wildman–Crippen MR) is 57.7 cm³/mol. The fourth-order valence-electron chi connectivity index (χ4n) is 1.38. The molecule has 1 aromatic carbocycles. The summed E-state index contributed by atoms with van der Waals surface area (Å²) < 4.78 is 4.91. The van der Waals surface area contributed by atoms with E-state index in [4.69, 9.17) is 10.5 Å². The van der Waals surface area contributed by atoms with Crippen LogP contribution in [0.25, 0.3) is 0 Å². The highest BCUT2D eigenvalue weighted by molar-refractivity contribution is 5.62. The Morgan fingerprint density at radius 2 is 2.27 bits per heavy atom. The quantitative estimate of drug-likeness (QED) is 0.347. The number of nitro benzene ring substituents is 1. The predicted octanol–water partition coefficient (Wildman–Crippen LogP) is 1.76. The Labute approximate surface area is 88.0 Å². The number of nitrogen functional groups attached to an aromatic ring is 1. The lowest BCUT2D eigenvalue weighted by atomic mass is 10.1. The van der Waals surface area contributed by atoms with Crippen LogP contribution in [-0.2, 0) is 11.2 Å². The zero-order valence-electron chi connectivity index (χ0n) is 8.60. The second kappa shape index (κ2) is 5.31. The average molecular weight is 210 g/mol. The van der Waals surface area contributed by atoms with E-state index in [1.807, 2.05) is 0 Å². The molecular weight excluding hydrogens is 196 g/mol. The molecule has 0 saturated carbocycles. The van der Waals surface area contributed by atoms with Gasteiger partial charge in [0.2, 0.25) is 0 Å². The van der Waals surface area contributed by atoms with Crippen molar-refractivity contribution in [2.45, 2.75) is 12.8 Å².